The molecule has 0 unspecified atom stereocenters. The number of carbonyl (C=O) groups is 2. The van der Waals surface area contributed by atoms with E-state index in [1.165, 1.54) is 4.90 Å². The lowest BCUT2D eigenvalue weighted by molar-refractivity contribution is -0.139. The molecule has 0 aliphatic heterocycles. The van der Waals surface area contributed by atoms with Gasteiger partial charge in [0.25, 0.3) is 0 Å². The Bertz CT molecular complexity index is 1080. The number of carbonyl (C=O) groups excluding carboxylic acids is 2. The van der Waals surface area contributed by atoms with Crippen molar-refractivity contribution in [3.63, 3.8) is 0 Å². The van der Waals surface area contributed by atoms with Crippen molar-refractivity contribution in [2.45, 2.75) is 26.4 Å². The molecule has 0 aromatic heterocycles. The Balaban J connectivity index is 2.39. The van der Waals surface area contributed by atoms with Gasteiger partial charge in [0, 0.05) is 17.6 Å². The van der Waals surface area contributed by atoms with Gasteiger partial charge in [-0.2, -0.15) is 0 Å². The first-order valence-electron chi connectivity index (χ1n) is 9.68. The Hall–Kier alpha value is -1.81. The van der Waals surface area contributed by atoms with E-state index < -0.39 is 28.5 Å². The van der Waals surface area contributed by atoms with Crippen molar-refractivity contribution in [3.8, 4) is 0 Å². The maximum absolute atomic E-state index is 13.3. The molecule has 1 N–H and O–H groups in total. The molecule has 174 valence electrons. The van der Waals surface area contributed by atoms with Crippen molar-refractivity contribution < 1.29 is 18.0 Å². The van der Waals surface area contributed by atoms with Crippen molar-refractivity contribution in [2.24, 2.45) is 0 Å². The lowest BCUT2D eigenvalue weighted by atomic mass is 10.1. The van der Waals surface area contributed by atoms with E-state index in [4.69, 9.17) is 23.2 Å². The standard InChI is InChI=1S/C21H24BrCl2N3O4S/c1-4-25-21(29)14(2)26(12-15-5-10-18(23)19(24)11-15)20(28)13-27(32(3,30)31)17-8-6-16(22)7-9-17/h5-11,14H,4,12-13H2,1-3H3,(H,25,29)/t14-/m0/s1. The molecule has 0 saturated heterocycles. The zero-order chi connectivity index (χ0) is 24.1. The first kappa shape index (κ1) is 26.4. The van der Waals surface area contributed by atoms with Crippen LogP contribution in [-0.2, 0) is 26.2 Å². The van der Waals surface area contributed by atoms with E-state index >= 15 is 0 Å². The SMILES string of the molecule is CCNC(=O)[C@H](C)N(Cc1ccc(Cl)c(Cl)c1)C(=O)CN(c1ccc(Br)cc1)S(C)(=O)=O. The van der Waals surface area contributed by atoms with Crippen molar-refractivity contribution >= 4 is 66.7 Å². The lowest BCUT2D eigenvalue weighted by Crippen LogP contribution is -2.51. The van der Waals surface area contributed by atoms with Crippen LogP contribution in [0, 0.1) is 0 Å². The van der Waals surface area contributed by atoms with E-state index in [1.54, 1.807) is 56.3 Å². The van der Waals surface area contributed by atoms with Gasteiger partial charge in [-0.15, -0.1) is 0 Å². The second-order valence-corrected chi connectivity index (χ2v) is 10.7. The Morgan fingerprint density at radius 3 is 2.25 bits per heavy atom. The van der Waals surface area contributed by atoms with Gasteiger partial charge < -0.3 is 10.2 Å². The predicted octanol–water partition coefficient (Wildman–Crippen LogP) is 4.08. The van der Waals surface area contributed by atoms with E-state index in [2.05, 4.69) is 21.2 Å². The van der Waals surface area contributed by atoms with Crippen LogP contribution in [0.25, 0.3) is 0 Å². The number of anilines is 1. The Kier molecular flexibility index (Phi) is 9.39. The summed E-state index contributed by atoms with van der Waals surface area (Å²) in [5.41, 5.74) is 0.989. The van der Waals surface area contributed by atoms with Gasteiger partial charge in [0.1, 0.15) is 12.6 Å². The van der Waals surface area contributed by atoms with Crippen LogP contribution in [0.1, 0.15) is 19.4 Å². The highest BCUT2D eigenvalue weighted by Crippen LogP contribution is 2.25. The summed E-state index contributed by atoms with van der Waals surface area (Å²) < 4.78 is 26.7. The normalized spacial score (nSPS) is 12.2. The topological polar surface area (TPSA) is 86.8 Å². The molecule has 11 heteroatoms. The number of nitrogens with one attached hydrogen (secondary N) is 1. The van der Waals surface area contributed by atoms with Crippen LogP contribution in [0.2, 0.25) is 10.0 Å². The number of nitrogens with zero attached hydrogens (tertiary/aromatic N) is 2. The van der Waals surface area contributed by atoms with E-state index in [1.807, 2.05) is 0 Å². The number of halogens is 3. The van der Waals surface area contributed by atoms with Crippen LogP contribution in [0.5, 0.6) is 0 Å². The van der Waals surface area contributed by atoms with E-state index in [0.717, 1.165) is 15.0 Å². The van der Waals surface area contributed by atoms with E-state index in [9.17, 15) is 18.0 Å². The van der Waals surface area contributed by atoms with E-state index in [0.29, 0.717) is 27.8 Å². The molecule has 2 rings (SSSR count). The summed E-state index contributed by atoms with van der Waals surface area (Å²) in [5.74, 6) is -0.890. The third kappa shape index (κ3) is 7.10. The lowest BCUT2D eigenvalue weighted by Gasteiger charge is -2.31. The van der Waals surface area contributed by atoms with Crippen molar-refractivity contribution in [1.82, 2.24) is 10.2 Å². The molecule has 7 nitrogen and oxygen atoms in total. The third-order valence-electron chi connectivity index (χ3n) is 4.65. The molecule has 2 aromatic rings. The van der Waals surface area contributed by atoms with E-state index in [-0.39, 0.29) is 12.5 Å². The third-order valence-corrected chi connectivity index (χ3v) is 7.06. The average Bonchev–Trinajstić information content (AvgIpc) is 2.72. The van der Waals surface area contributed by atoms with Gasteiger partial charge in [0.05, 0.1) is 22.0 Å². The maximum atomic E-state index is 13.3. The molecule has 0 fully saturated rings. The molecular formula is C21H24BrCl2N3O4S. The van der Waals surface area contributed by atoms with Gasteiger partial charge in [-0.3, -0.25) is 13.9 Å². The van der Waals surface area contributed by atoms with Gasteiger partial charge in [-0.1, -0.05) is 45.2 Å². The van der Waals surface area contributed by atoms with Crippen LogP contribution >= 0.6 is 39.1 Å². The molecular weight excluding hydrogens is 541 g/mol. The largest absolute Gasteiger partial charge is 0.355 e. The fraction of sp³-hybridized carbons (Fsp3) is 0.333. The summed E-state index contributed by atoms with van der Waals surface area (Å²) in [6.45, 7) is 3.34. The molecule has 2 amide bonds. The minimum absolute atomic E-state index is 0.0476. The molecule has 1 atom stereocenters. The number of hydrogen-bond acceptors (Lipinski definition) is 4. The van der Waals surface area contributed by atoms with Gasteiger partial charge in [0.2, 0.25) is 21.8 Å². The van der Waals surface area contributed by atoms with Gasteiger partial charge in [0.15, 0.2) is 0 Å². The van der Waals surface area contributed by atoms with Crippen LogP contribution in [0.3, 0.4) is 0 Å². The summed E-state index contributed by atoms with van der Waals surface area (Å²) in [5, 5.41) is 3.37. The zero-order valence-corrected chi connectivity index (χ0v) is 21.7. The van der Waals surface area contributed by atoms with Crippen LogP contribution in [-0.4, -0.2) is 50.5 Å². The molecule has 0 radical (unpaired) electrons. The number of likely N-dealkylation sites (N-methyl/N-ethyl adjacent to an activating group) is 1. The van der Waals surface area contributed by atoms with Crippen LogP contribution < -0.4 is 9.62 Å². The second kappa shape index (κ2) is 11.4. The van der Waals surface area contributed by atoms with Crippen LogP contribution in [0.4, 0.5) is 5.69 Å². The van der Waals surface area contributed by atoms with Gasteiger partial charge in [-0.25, -0.2) is 8.42 Å². The quantitative estimate of drug-likeness (QED) is 0.497. The minimum Gasteiger partial charge on any atom is -0.355 e. The molecule has 0 spiro atoms. The first-order chi connectivity index (χ1) is 14.9. The smallest absolute Gasteiger partial charge is 0.244 e. The highest BCUT2D eigenvalue weighted by atomic mass is 79.9. The molecule has 0 aliphatic carbocycles. The molecule has 2 aromatic carbocycles. The Labute approximate surface area is 206 Å². The predicted molar refractivity (Wildman–Crippen MR) is 131 cm³/mol. The number of hydrogen-bond donors (Lipinski definition) is 1. The fourth-order valence-corrected chi connectivity index (χ4v) is 4.39. The highest BCUT2D eigenvalue weighted by Gasteiger charge is 2.30. The van der Waals surface area contributed by atoms with Crippen molar-refractivity contribution in [1.29, 1.82) is 0 Å². The average molecular weight is 565 g/mol. The summed E-state index contributed by atoms with van der Waals surface area (Å²) in [4.78, 5) is 27.1. The Morgan fingerprint density at radius 1 is 1.09 bits per heavy atom. The first-order valence-corrected chi connectivity index (χ1v) is 13.1. The maximum Gasteiger partial charge on any atom is 0.244 e. The molecule has 0 heterocycles. The summed E-state index contributed by atoms with van der Waals surface area (Å²) >= 11 is 15.4. The molecule has 0 bridgehead atoms. The number of benzene rings is 2. The summed E-state index contributed by atoms with van der Waals surface area (Å²) in [6.07, 6.45) is 1.03. The Morgan fingerprint density at radius 2 is 1.72 bits per heavy atom. The fourth-order valence-electron chi connectivity index (χ4n) is 2.96. The summed E-state index contributed by atoms with van der Waals surface area (Å²) in [6, 6.07) is 10.6. The second-order valence-electron chi connectivity index (χ2n) is 7.09. The summed E-state index contributed by atoms with van der Waals surface area (Å²) in [7, 11) is -3.77. The van der Waals surface area contributed by atoms with Crippen LogP contribution in [0.15, 0.2) is 46.9 Å². The van der Waals surface area contributed by atoms with Gasteiger partial charge in [-0.05, 0) is 55.8 Å². The molecule has 32 heavy (non-hydrogen) atoms. The monoisotopic (exact) mass is 563 g/mol. The number of amides is 2. The molecule has 0 aliphatic rings. The minimum atomic E-state index is -3.77. The number of rotatable bonds is 9. The van der Waals surface area contributed by atoms with Crippen molar-refractivity contribution in [2.75, 3.05) is 23.7 Å². The van der Waals surface area contributed by atoms with Gasteiger partial charge >= 0.3 is 0 Å². The number of sulfonamides is 1. The van der Waals surface area contributed by atoms with Crippen molar-refractivity contribution in [3.05, 3.63) is 62.5 Å². The highest BCUT2D eigenvalue weighted by molar-refractivity contribution is 9.10. The zero-order valence-electron chi connectivity index (χ0n) is 17.8. The molecule has 0 saturated carbocycles.